The number of esters is 1. The number of hydrogen-bond acceptors (Lipinski definition) is 4. The zero-order valence-electron chi connectivity index (χ0n) is 15.7. The molecule has 2 aromatic carbocycles. The second-order valence-electron chi connectivity index (χ2n) is 6.18. The Hall–Kier alpha value is -2.83. The molecule has 0 saturated heterocycles. The molecule has 0 unspecified atom stereocenters. The first-order valence-electron chi connectivity index (χ1n) is 9.03. The van der Waals surface area contributed by atoms with Crippen LogP contribution in [0, 0.1) is 0 Å². The maximum absolute atomic E-state index is 12.2. The number of benzene rings is 2. The number of nitrogens with one attached hydrogen (secondary N) is 2. The van der Waals surface area contributed by atoms with E-state index >= 15 is 0 Å². The fourth-order valence-corrected chi connectivity index (χ4v) is 3.23. The molecule has 150 valence electrons. The van der Waals surface area contributed by atoms with Crippen LogP contribution in [-0.2, 0) is 9.53 Å². The summed E-state index contributed by atoms with van der Waals surface area (Å²) in [6.45, 7) is 2.29. The van der Waals surface area contributed by atoms with Crippen LogP contribution in [0.25, 0.3) is 22.5 Å². The molecule has 0 atom stereocenters. The number of nitrogens with zero attached hydrogens (tertiary/aromatic N) is 1. The molecule has 1 amide bonds. The third-order valence-corrected chi connectivity index (χ3v) is 4.71. The first-order chi connectivity index (χ1) is 14.0. The van der Waals surface area contributed by atoms with Crippen LogP contribution >= 0.6 is 23.2 Å². The lowest BCUT2D eigenvalue weighted by atomic mass is 10.1. The topological polar surface area (TPSA) is 84.1 Å². The molecule has 2 N–H and O–H groups in total. The second-order valence-corrected chi connectivity index (χ2v) is 7.02. The Bertz CT molecular complexity index is 1020. The summed E-state index contributed by atoms with van der Waals surface area (Å²) in [5.74, 6) is -0.588. The van der Waals surface area contributed by atoms with Gasteiger partial charge in [-0.1, -0.05) is 35.3 Å². The average Bonchev–Trinajstić information content (AvgIpc) is 3.18. The second kappa shape index (κ2) is 9.58. The molecule has 6 nitrogen and oxygen atoms in total. The van der Waals surface area contributed by atoms with E-state index in [0.29, 0.717) is 22.2 Å². The molecular formula is C21H19Cl2N3O3. The van der Waals surface area contributed by atoms with Gasteiger partial charge >= 0.3 is 5.97 Å². The van der Waals surface area contributed by atoms with Crippen molar-refractivity contribution in [3.8, 4) is 22.5 Å². The van der Waals surface area contributed by atoms with Gasteiger partial charge in [-0.2, -0.15) is 5.10 Å². The van der Waals surface area contributed by atoms with Crippen molar-refractivity contribution in [1.29, 1.82) is 0 Å². The average molecular weight is 432 g/mol. The number of rotatable bonds is 7. The van der Waals surface area contributed by atoms with Crippen molar-refractivity contribution < 1.29 is 14.3 Å². The van der Waals surface area contributed by atoms with Crippen molar-refractivity contribution in [2.24, 2.45) is 0 Å². The lowest BCUT2D eigenvalue weighted by Gasteiger charge is -2.06. The Morgan fingerprint density at radius 3 is 2.55 bits per heavy atom. The molecule has 3 rings (SSSR count). The van der Waals surface area contributed by atoms with E-state index in [1.807, 2.05) is 24.3 Å². The van der Waals surface area contributed by atoms with Crippen LogP contribution in [0.15, 0.2) is 48.5 Å². The predicted molar refractivity (Wildman–Crippen MR) is 113 cm³/mol. The van der Waals surface area contributed by atoms with Crippen molar-refractivity contribution in [3.05, 3.63) is 64.1 Å². The fourth-order valence-electron chi connectivity index (χ4n) is 2.72. The van der Waals surface area contributed by atoms with Crippen LogP contribution in [0.3, 0.4) is 0 Å². The van der Waals surface area contributed by atoms with E-state index in [0.717, 1.165) is 22.5 Å². The number of H-pyrrole nitrogens is 1. The summed E-state index contributed by atoms with van der Waals surface area (Å²) < 4.78 is 4.83. The Morgan fingerprint density at radius 1 is 1.10 bits per heavy atom. The van der Waals surface area contributed by atoms with Crippen LogP contribution < -0.4 is 5.32 Å². The summed E-state index contributed by atoms with van der Waals surface area (Å²) in [5, 5.41) is 11.1. The van der Waals surface area contributed by atoms with Crippen molar-refractivity contribution in [2.45, 2.75) is 13.3 Å². The zero-order valence-corrected chi connectivity index (χ0v) is 17.2. The predicted octanol–water partition coefficient (Wildman–Crippen LogP) is 4.73. The van der Waals surface area contributed by atoms with Crippen molar-refractivity contribution in [2.75, 3.05) is 13.2 Å². The largest absolute Gasteiger partial charge is 0.466 e. The molecule has 0 aliphatic heterocycles. The summed E-state index contributed by atoms with van der Waals surface area (Å²) >= 11 is 12.2. The summed E-state index contributed by atoms with van der Waals surface area (Å²) in [6.07, 6.45) is 0.140. The highest BCUT2D eigenvalue weighted by atomic mass is 35.5. The lowest BCUT2D eigenvalue weighted by molar-refractivity contribution is -0.142. The van der Waals surface area contributed by atoms with Gasteiger partial charge in [0.2, 0.25) is 0 Å². The van der Waals surface area contributed by atoms with Crippen molar-refractivity contribution in [1.82, 2.24) is 15.5 Å². The summed E-state index contributed by atoms with van der Waals surface area (Å²) in [7, 11) is 0. The Labute approximate surface area is 178 Å². The number of amides is 1. The number of ether oxygens (including phenoxy) is 1. The molecule has 8 heteroatoms. The molecule has 0 radical (unpaired) electrons. The zero-order chi connectivity index (χ0) is 20.8. The maximum Gasteiger partial charge on any atom is 0.307 e. The minimum Gasteiger partial charge on any atom is -0.466 e. The van der Waals surface area contributed by atoms with Crippen LogP contribution in [0.5, 0.6) is 0 Å². The summed E-state index contributed by atoms with van der Waals surface area (Å²) in [4.78, 5) is 23.5. The van der Waals surface area contributed by atoms with E-state index in [1.54, 1.807) is 31.2 Å². The smallest absolute Gasteiger partial charge is 0.307 e. The van der Waals surface area contributed by atoms with E-state index in [4.69, 9.17) is 27.9 Å². The van der Waals surface area contributed by atoms with Gasteiger partial charge in [-0.3, -0.25) is 14.7 Å². The molecule has 0 aliphatic rings. The lowest BCUT2D eigenvalue weighted by Crippen LogP contribution is -2.26. The van der Waals surface area contributed by atoms with E-state index in [2.05, 4.69) is 15.5 Å². The normalized spacial score (nSPS) is 10.6. The van der Waals surface area contributed by atoms with Gasteiger partial charge in [-0.25, -0.2) is 0 Å². The number of carbonyl (C=O) groups excluding carboxylic acids is 2. The molecule has 0 fully saturated rings. The minimum absolute atomic E-state index is 0.140. The molecule has 3 aromatic rings. The number of aromatic nitrogens is 2. The van der Waals surface area contributed by atoms with Gasteiger partial charge in [0.05, 0.1) is 29.4 Å². The quantitative estimate of drug-likeness (QED) is 0.529. The maximum atomic E-state index is 12.2. The standard InChI is InChI=1S/C21H19Cl2N3O3/c1-2-29-20(27)9-10-24-21(28)14-5-3-13(4-6-14)18-12-19(26-25-18)16-8-7-15(22)11-17(16)23/h3-8,11-12H,2,9-10H2,1H3,(H,24,28)(H,25,26). The number of carbonyl (C=O) groups is 2. The van der Waals surface area contributed by atoms with Crippen LogP contribution in [0.2, 0.25) is 10.0 Å². The third kappa shape index (κ3) is 5.37. The monoisotopic (exact) mass is 431 g/mol. The van der Waals surface area contributed by atoms with Crippen molar-refractivity contribution in [3.63, 3.8) is 0 Å². The van der Waals surface area contributed by atoms with Crippen molar-refractivity contribution >= 4 is 35.1 Å². The van der Waals surface area contributed by atoms with Gasteiger partial charge in [0.15, 0.2) is 0 Å². The first kappa shape index (κ1) is 20.9. The van der Waals surface area contributed by atoms with Gasteiger partial charge in [-0.05, 0) is 43.3 Å². The third-order valence-electron chi connectivity index (χ3n) is 4.16. The van der Waals surface area contributed by atoms with E-state index in [9.17, 15) is 9.59 Å². The number of hydrogen-bond donors (Lipinski definition) is 2. The molecule has 1 aromatic heterocycles. The van der Waals surface area contributed by atoms with Gasteiger partial charge in [-0.15, -0.1) is 0 Å². The number of aromatic amines is 1. The minimum atomic E-state index is -0.335. The van der Waals surface area contributed by atoms with Gasteiger partial charge in [0.25, 0.3) is 5.91 Å². The Kier molecular flexibility index (Phi) is 6.90. The van der Waals surface area contributed by atoms with Gasteiger partial charge in [0, 0.05) is 28.3 Å². The highest BCUT2D eigenvalue weighted by Crippen LogP contribution is 2.31. The van der Waals surface area contributed by atoms with Gasteiger partial charge < -0.3 is 10.1 Å². The summed E-state index contributed by atoms with van der Waals surface area (Å²) in [5.41, 5.74) is 3.63. The van der Waals surface area contributed by atoms with E-state index in [1.165, 1.54) is 0 Å². The van der Waals surface area contributed by atoms with Crippen LogP contribution in [0.1, 0.15) is 23.7 Å². The molecular weight excluding hydrogens is 413 g/mol. The highest BCUT2D eigenvalue weighted by molar-refractivity contribution is 6.36. The molecule has 0 aliphatic carbocycles. The van der Waals surface area contributed by atoms with Crippen LogP contribution in [0.4, 0.5) is 0 Å². The molecule has 0 bridgehead atoms. The highest BCUT2D eigenvalue weighted by Gasteiger charge is 2.11. The van der Waals surface area contributed by atoms with Gasteiger partial charge in [0.1, 0.15) is 0 Å². The number of halogens is 2. The van der Waals surface area contributed by atoms with E-state index < -0.39 is 0 Å². The molecule has 0 spiro atoms. The molecule has 0 saturated carbocycles. The van der Waals surface area contributed by atoms with E-state index in [-0.39, 0.29) is 24.8 Å². The molecule has 29 heavy (non-hydrogen) atoms. The summed E-state index contributed by atoms with van der Waals surface area (Å²) in [6, 6.07) is 14.2. The Balaban J connectivity index is 1.65. The Morgan fingerprint density at radius 2 is 1.86 bits per heavy atom. The fraction of sp³-hybridized carbons (Fsp3) is 0.190. The van der Waals surface area contributed by atoms with Crippen LogP contribution in [-0.4, -0.2) is 35.2 Å². The first-order valence-corrected chi connectivity index (χ1v) is 9.78. The molecule has 1 heterocycles. The SMILES string of the molecule is CCOC(=O)CCNC(=O)c1ccc(-c2cc(-c3ccc(Cl)cc3Cl)[nH]n2)cc1.